The SMILES string of the molecule is C[C@H](c1ccc2ncn(COCC[Si](C)(C)C)c2c1)N1C(=O)c2ccccc2C1=O. The Morgan fingerprint density at radius 2 is 1.70 bits per heavy atom. The molecule has 2 aromatic carbocycles. The second-order valence-corrected chi connectivity index (χ2v) is 14.6. The van der Waals surface area contributed by atoms with Crippen LogP contribution < -0.4 is 0 Å². The molecule has 3 aromatic rings. The minimum atomic E-state index is -1.13. The maximum atomic E-state index is 12.8. The van der Waals surface area contributed by atoms with Gasteiger partial charge in [-0.2, -0.15) is 0 Å². The zero-order valence-electron chi connectivity index (χ0n) is 17.9. The zero-order chi connectivity index (χ0) is 21.5. The van der Waals surface area contributed by atoms with Gasteiger partial charge in [0.15, 0.2) is 0 Å². The van der Waals surface area contributed by atoms with E-state index in [1.807, 2.05) is 29.7 Å². The smallest absolute Gasteiger partial charge is 0.262 e. The highest BCUT2D eigenvalue weighted by Crippen LogP contribution is 2.32. The molecule has 0 unspecified atom stereocenters. The number of nitrogens with zero attached hydrogens (tertiary/aromatic N) is 3. The summed E-state index contributed by atoms with van der Waals surface area (Å²) < 4.78 is 7.85. The zero-order valence-corrected chi connectivity index (χ0v) is 18.9. The number of carbonyl (C=O) groups excluding carboxylic acids is 2. The normalized spacial score (nSPS) is 15.1. The van der Waals surface area contributed by atoms with E-state index in [2.05, 4.69) is 24.6 Å². The van der Waals surface area contributed by atoms with Gasteiger partial charge in [-0.25, -0.2) is 4.98 Å². The van der Waals surface area contributed by atoms with Crippen LogP contribution in [-0.4, -0.2) is 40.9 Å². The molecule has 0 fully saturated rings. The number of ether oxygens (including phenoxy) is 1. The van der Waals surface area contributed by atoms with Crippen molar-refractivity contribution in [2.45, 2.75) is 45.4 Å². The van der Waals surface area contributed by atoms with E-state index in [4.69, 9.17) is 4.74 Å². The topological polar surface area (TPSA) is 64.4 Å². The van der Waals surface area contributed by atoms with Crippen LogP contribution in [0.25, 0.3) is 11.0 Å². The van der Waals surface area contributed by atoms with Gasteiger partial charge in [0.1, 0.15) is 6.73 Å². The molecule has 2 amide bonds. The van der Waals surface area contributed by atoms with Gasteiger partial charge in [-0.1, -0.05) is 37.8 Å². The molecule has 0 aliphatic carbocycles. The molecule has 1 atom stereocenters. The van der Waals surface area contributed by atoms with Gasteiger partial charge in [0.25, 0.3) is 11.8 Å². The van der Waals surface area contributed by atoms with Crippen molar-refractivity contribution in [2.24, 2.45) is 0 Å². The molecule has 4 rings (SSSR count). The first kappa shape index (κ1) is 20.5. The summed E-state index contributed by atoms with van der Waals surface area (Å²) in [6.07, 6.45) is 1.77. The van der Waals surface area contributed by atoms with Crippen molar-refractivity contribution in [1.82, 2.24) is 14.5 Å². The molecule has 156 valence electrons. The Morgan fingerprint density at radius 1 is 1.03 bits per heavy atom. The molecular formula is C23H27N3O3Si. The summed E-state index contributed by atoms with van der Waals surface area (Å²) in [6.45, 7) is 10.0. The summed E-state index contributed by atoms with van der Waals surface area (Å²) in [5, 5.41) is 0. The highest BCUT2D eigenvalue weighted by Gasteiger charge is 2.38. The predicted molar refractivity (Wildman–Crippen MR) is 119 cm³/mol. The third kappa shape index (κ3) is 3.82. The lowest BCUT2D eigenvalue weighted by atomic mass is 10.1. The summed E-state index contributed by atoms with van der Waals surface area (Å²) in [6, 6.07) is 13.6. The fourth-order valence-corrected chi connectivity index (χ4v) is 4.44. The van der Waals surface area contributed by atoms with E-state index < -0.39 is 8.07 Å². The molecular weight excluding hydrogens is 394 g/mol. The molecule has 6 nitrogen and oxygen atoms in total. The van der Waals surface area contributed by atoms with Gasteiger partial charge >= 0.3 is 0 Å². The van der Waals surface area contributed by atoms with Gasteiger partial charge in [-0.05, 0) is 42.8 Å². The quantitative estimate of drug-likeness (QED) is 0.315. The van der Waals surface area contributed by atoms with Crippen molar-refractivity contribution in [2.75, 3.05) is 6.61 Å². The van der Waals surface area contributed by atoms with Gasteiger partial charge in [0.2, 0.25) is 0 Å². The number of benzene rings is 2. The number of imidazole rings is 1. The second kappa shape index (κ2) is 7.81. The molecule has 0 spiro atoms. The Balaban J connectivity index is 1.55. The van der Waals surface area contributed by atoms with E-state index in [-0.39, 0.29) is 17.9 Å². The van der Waals surface area contributed by atoms with Crippen LogP contribution in [0.4, 0.5) is 0 Å². The third-order valence-corrected chi connectivity index (χ3v) is 7.27. The minimum Gasteiger partial charge on any atom is -0.361 e. The monoisotopic (exact) mass is 421 g/mol. The number of hydrogen-bond acceptors (Lipinski definition) is 4. The fraction of sp³-hybridized carbons (Fsp3) is 0.348. The van der Waals surface area contributed by atoms with Crippen LogP contribution in [0.2, 0.25) is 25.7 Å². The first-order valence-corrected chi connectivity index (χ1v) is 14.0. The van der Waals surface area contributed by atoms with Crippen LogP contribution in [0.15, 0.2) is 48.8 Å². The van der Waals surface area contributed by atoms with E-state index >= 15 is 0 Å². The van der Waals surface area contributed by atoms with Crippen LogP contribution >= 0.6 is 0 Å². The molecule has 1 aromatic heterocycles. The molecule has 0 saturated heterocycles. The van der Waals surface area contributed by atoms with Crippen molar-refractivity contribution < 1.29 is 14.3 Å². The average molecular weight is 422 g/mol. The highest BCUT2D eigenvalue weighted by atomic mass is 28.3. The van der Waals surface area contributed by atoms with Crippen molar-refractivity contribution in [3.05, 3.63) is 65.5 Å². The van der Waals surface area contributed by atoms with Gasteiger partial charge in [0, 0.05) is 14.7 Å². The molecule has 0 N–H and O–H groups in total. The Morgan fingerprint density at radius 3 is 2.33 bits per heavy atom. The van der Waals surface area contributed by atoms with Crippen molar-refractivity contribution in [3.8, 4) is 0 Å². The van der Waals surface area contributed by atoms with E-state index in [0.29, 0.717) is 17.9 Å². The number of carbonyl (C=O) groups is 2. The minimum absolute atomic E-state index is 0.244. The summed E-state index contributed by atoms with van der Waals surface area (Å²) in [4.78, 5) is 31.5. The maximum absolute atomic E-state index is 12.8. The van der Waals surface area contributed by atoms with Gasteiger partial charge in [-0.3, -0.25) is 14.5 Å². The lowest BCUT2D eigenvalue weighted by Crippen LogP contribution is -2.32. The number of imide groups is 1. The lowest BCUT2D eigenvalue weighted by Gasteiger charge is -2.23. The molecule has 30 heavy (non-hydrogen) atoms. The second-order valence-electron chi connectivity index (χ2n) is 9.01. The Labute approximate surface area is 177 Å². The van der Waals surface area contributed by atoms with E-state index in [1.54, 1.807) is 30.6 Å². The van der Waals surface area contributed by atoms with Gasteiger partial charge in [-0.15, -0.1) is 0 Å². The third-order valence-electron chi connectivity index (χ3n) is 5.57. The summed E-state index contributed by atoms with van der Waals surface area (Å²) in [7, 11) is -1.13. The van der Waals surface area contributed by atoms with Crippen molar-refractivity contribution in [3.63, 3.8) is 0 Å². The van der Waals surface area contributed by atoms with Gasteiger partial charge in [0.05, 0.1) is 34.5 Å². The lowest BCUT2D eigenvalue weighted by molar-refractivity contribution is 0.0595. The number of amides is 2. The van der Waals surface area contributed by atoms with Crippen LogP contribution in [0.5, 0.6) is 0 Å². The number of rotatable bonds is 7. The predicted octanol–water partition coefficient (Wildman–Crippen LogP) is 4.71. The molecule has 7 heteroatoms. The van der Waals surface area contributed by atoms with E-state index in [0.717, 1.165) is 29.2 Å². The van der Waals surface area contributed by atoms with E-state index in [9.17, 15) is 9.59 Å². The molecule has 0 radical (unpaired) electrons. The van der Waals surface area contributed by atoms with Crippen molar-refractivity contribution >= 4 is 30.9 Å². The number of hydrogen-bond donors (Lipinski definition) is 0. The van der Waals surface area contributed by atoms with E-state index in [1.165, 1.54) is 4.90 Å². The standard InChI is InChI=1S/C23H27N3O3Si/c1-16(26-22(27)18-7-5-6-8-19(18)23(26)28)17-9-10-20-21(13-17)25(14-24-20)15-29-11-12-30(2,3)4/h5-10,13-14,16H,11-12,15H2,1-4H3/t16-/m1/s1. The molecule has 0 saturated carbocycles. The van der Waals surface area contributed by atoms with Gasteiger partial charge < -0.3 is 9.30 Å². The molecule has 0 bridgehead atoms. The van der Waals surface area contributed by atoms with Crippen LogP contribution in [0, 0.1) is 0 Å². The first-order chi connectivity index (χ1) is 14.3. The van der Waals surface area contributed by atoms with Crippen LogP contribution in [0.3, 0.4) is 0 Å². The molecule has 2 heterocycles. The fourth-order valence-electron chi connectivity index (χ4n) is 3.69. The Kier molecular flexibility index (Phi) is 5.34. The molecule has 1 aliphatic heterocycles. The largest absolute Gasteiger partial charge is 0.361 e. The van der Waals surface area contributed by atoms with Crippen molar-refractivity contribution in [1.29, 1.82) is 0 Å². The summed E-state index contributed by atoms with van der Waals surface area (Å²) in [5.41, 5.74) is 3.62. The summed E-state index contributed by atoms with van der Waals surface area (Å²) >= 11 is 0. The first-order valence-electron chi connectivity index (χ1n) is 10.3. The molecule has 1 aliphatic rings. The number of aromatic nitrogens is 2. The Bertz CT molecular complexity index is 1080. The average Bonchev–Trinajstić information content (AvgIpc) is 3.23. The summed E-state index contributed by atoms with van der Waals surface area (Å²) in [5.74, 6) is -0.488. The highest BCUT2D eigenvalue weighted by molar-refractivity contribution is 6.76. The van der Waals surface area contributed by atoms with Crippen LogP contribution in [-0.2, 0) is 11.5 Å². The number of fused-ring (bicyclic) bond motifs is 2. The Hall–Kier alpha value is -2.77. The van der Waals surface area contributed by atoms with Crippen LogP contribution in [0.1, 0.15) is 39.2 Å². The maximum Gasteiger partial charge on any atom is 0.262 e.